The first-order valence-corrected chi connectivity index (χ1v) is 8.96. The molecule has 2 aromatic carbocycles. The maximum absolute atomic E-state index is 11.8. The Morgan fingerprint density at radius 3 is 2.15 bits per heavy atom. The third-order valence-corrected chi connectivity index (χ3v) is 4.06. The lowest BCUT2D eigenvalue weighted by atomic mass is 10.0. The summed E-state index contributed by atoms with van der Waals surface area (Å²) in [5, 5.41) is 5.63. The average Bonchev–Trinajstić information content (AvgIpc) is 2.66. The summed E-state index contributed by atoms with van der Waals surface area (Å²) in [6.45, 7) is 5.79. The molecule has 0 saturated carbocycles. The van der Waals surface area contributed by atoms with E-state index in [9.17, 15) is 4.79 Å². The number of methoxy groups -OCH3 is 1. The number of rotatable bonds is 9. The van der Waals surface area contributed by atoms with Gasteiger partial charge >= 0.3 is 6.03 Å². The van der Waals surface area contributed by atoms with Gasteiger partial charge in [-0.05, 0) is 47.7 Å². The van der Waals surface area contributed by atoms with Crippen molar-refractivity contribution in [2.45, 2.75) is 26.2 Å². The fraction of sp³-hybridized carbons (Fsp3) is 0.381. The maximum atomic E-state index is 11.8. The Bertz CT molecular complexity index is 667. The summed E-state index contributed by atoms with van der Waals surface area (Å²) in [5.74, 6) is 2.15. The predicted molar refractivity (Wildman–Crippen MR) is 104 cm³/mol. The van der Waals surface area contributed by atoms with Crippen LogP contribution in [0, 0.1) is 0 Å². The summed E-state index contributed by atoms with van der Waals surface area (Å²) in [7, 11) is 1.64. The highest BCUT2D eigenvalue weighted by Crippen LogP contribution is 2.18. The van der Waals surface area contributed by atoms with Crippen LogP contribution in [0.25, 0.3) is 0 Å². The van der Waals surface area contributed by atoms with Crippen molar-refractivity contribution in [2.24, 2.45) is 0 Å². The van der Waals surface area contributed by atoms with E-state index in [0.717, 1.165) is 23.5 Å². The van der Waals surface area contributed by atoms with E-state index in [1.165, 1.54) is 5.56 Å². The SMILES string of the molecule is COc1ccc(CCNC(=O)NCCOc2ccc(C(C)C)cc2)cc1. The van der Waals surface area contributed by atoms with E-state index in [4.69, 9.17) is 9.47 Å². The largest absolute Gasteiger partial charge is 0.497 e. The zero-order chi connectivity index (χ0) is 18.8. The van der Waals surface area contributed by atoms with Crippen molar-refractivity contribution in [1.82, 2.24) is 10.6 Å². The molecule has 0 radical (unpaired) electrons. The highest BCUT2D eigenvalue weighted by molar-refractivity contribution is 5.73. The fourth-order valence-electron chi connectivity index (χ4n) is 2.46. The Hall–Kier alpha value is -2.69. The molecule has 2 amide bonds. The van der Waals surface area contributed by atoms with E-state index in [-0.39, 0.29) is 6.03 Å². The van der Waals surface area contributed by atoms with Gasteiger partial charge < -0.3 is 20.1 Å². The molecule has 0 aliphatic carbocycles. The van der Waals surface area contributed by atoms with Gasteiger partial charge in [0.25, 0.3) is 0 Å². The maximum Gasteiger partial charge on any atom is 0.314 e. The smallest absolute Gasteiger partial charge is 0.314 e. The van der Waals surface area contributed by atoms with Crippen LogP contribution >= 0.6 is 0 Å². The molecule has 0 fully saturated rings. The molecule has 0 unspecified atom stereocenters. The third-order valence-electron chi connectivity index (χ3n) is 4.06. The van der Waals surface area contributed by atoms with Crippen molar-refractivity contribution in [3.8, 4) is 11.5 Å². The van der Waals surface area contributed by atoms with Crippen molar-refractivity contribution >= 4 is 6.03 Å². The summed E-state index contributed by atoms with van der Waals surface area (Å²) in [6.07, 6.45) is 0.774. The summed E-state index contributed by atoms with van der Waals surface area (Å²) >= 11 is 0. The number of benzene rings is 2. The highest BCUT2D eigenvalue weighted by Gasteiger charge is 2.02. The zero-order valence-electron chi connectivity index (χ0n) is 15.7. The fourth-order valence-corrected chi connectivity index (χ4v) is 2.46. The zero-order valence-corrected chi connectivity index (χ0v) is 15.7. The summed E-state index contributed by atoms with van der Waals surface area (Å²) in [5.41, 5.74) is 2.44. The van der Waals surface area contributed by atoms with Crippen molar-refractivity contribution in [1.29, 1.82) is 0 Å². The minimum absolute atomic E-state index is 0.183. The first-order chi connectivity index (χ1) is 12.6. The van der Waals surface area contributed by atoms with Crippen molar-refractivity contribution in [3.05, 3.63) is 59.7 Å². The molecule has 2 rings (SSSR count). The van der Waals surface area contributed by atoms with Gasteiger partial charge in [-0.2, -0.15) is 0 Å². The summed E-state index contributed by atoms with van der Waals surface area (Å²) in [6, 6.07) is 15.7. The van der Waals surface area contributed by atoms with Crippen LogP contribution in [0.15, 0.2) is 48.5 Å². The molecule has 0 aliphatic heterocycles. The van der Waals surface area contributed by atoms with Gasteiger partial charge in [-0.15, -0.1) is 0 Å². The monoisotopic (exact) mass is 356 g/mol. The minimum Gasteiger partial charge on any atom is -0.497 e. The number of nitrogens with one attached hydrogen (secondary N) is 2. The predicted octanol–water partition coefficient (Wildman–Crippen LogP) is 3.74. The number of carbonyl (C=O) groups is 1. The molecule has 5 nitrogen and oxygen atoms in total. The molecule has 0 saturated heterocycles. The van der Waals surface area contributed by atoms with Crippen LogP contribution in [0.5, 0.6) is 11.5 Å². The quantitative estimate of drug-likeness (QED) is 0.673. The Morgan fingerprint density at radius 1 is 0.923 bits per heavy atom. The highest BCUT2D eigenvalue weighted by atomic mass is 16.5. The van der Waals surface area contributed by atoms with E-state index in [1.807, 2.05) is 36.4 Å². The first kappa shape index (κ1) is 19.6. The van der Waals surface area contributed by atoms with Gasteiger partial charge in [-0.1, -0.05) is 38.1 Å². The lowest BCUT2D eigenvalue weighted by Gasteiger charge is -2.10. The Morgan fingerprint density at radius 2 is 1.54 bits per heavy atom. The van der Waals surface area contributed by atoms with Crippen LogP contribution in [-0.4, -0.2) is 32.8 Å². The lowest BCUT2D eigenvalue weighted by molar-refractivity contribution is 0.236. The van der Waals surface area contributed by atoms with Gasteiger partial charge in [-0.3, -0.25) is 0 Å². The molecule has 140 valence electrons. The number of amides is 2. The standard InChI is InChI=1S/C21H28N2O3/c1-16(2)18-6-10-20(11-7-18)26-15-14-23-21(24)22-13-12-17-4-8-19(25-3)9-5-17/h4-11,16H,12-15H2,1-3H3,(H2,22,23,24). The molecular formula is C21H28N2O3. The van der Waals surface area contributed by atoms with Crippen LogP contribution in [0.1, 0.15) is 30.9 Å². The van der Waals surface area contributed by atoms with E-state index in [2.05, 4.69) is 36.6 Å². The molecular weight excluding hydrogens is 328 g/mol. The van der Waals surface area contributed by atoms with Gasteiger partial charge in [0.15, 0.2) is 0 Å². The molecule has 2 aromatic rings. The van der Waals surface area contributed by atoms with E-state index < -0.39 is 0 Å². The second kappa shape index (κ2) is 10.3. The van der Waals surface area contributed by atoms with E-state index in [1.54, 1.807) is 7.11 Å². The van der Waals surface area contributed by atoms with Crippen LogP contribution in [0.4, 0.5) is 4.79 Å². The van der Waals surface area contributed by atoms with Crippen LogP contribution < -0.4 is 20.1 Å². The lowest BCUT2D eigenvalue weighted by Crippen LogP contribution is -2.38. The number of carbonyl (C=O) groups excluding carboxylic acids is 1. The molecule has 0 bridgehead atoms. The molecule has 0 aliphatic rings. The second-order valence-corrected chi connectivity index (χ2v) is 6.35. The number of hydrogen-bond donors (Lipinski definition) is 2. The van der Waals surface area contributed by atoms with Crippen molar-refractivity contribution in [3.63, 3.8) is 0 Å². The van der Waals surface area contributed by atoms with Crippen LogP contribution in [-0.2, 0) is 6.42 Å². The van der Waals surface area contributed by atoms with Gasteiger partial charge in [0, 0.05) is 6.54 Å². The molecule has 0 heterocycles. The number of urea groups is 1. The summed E-state index contributed by atoms with van der Waals surface area (Å²) in [4.78, 5) is 11.8. The van der Waals surface area contributed by atoms with E-state index >= 15 is 0 Å². The molecule has 2 N–H and O–H groups in total. The molecule has 0 aromatic heterocycles. The molecule has 0 atom stereocenters. The van der Waals surface area contributed by atoms with Crippen LogP contribution in [0.2, 0.25) is 0 Å². The summed E-state index contributed by atoms with van der Waals surface area (Å²) < 4.78 is 10.8. The first-order valence-electron chi connectivity index (χ1n) is 8.96. The minimum atomic E-state index is -0.183. The van der Waals surface area contributed by atoms with Gasteiger partial charge in [0.1, 0.15) is 18.1 Å². The van der Waals surface area contributed by atoms with Crippen molar-refractivity contribution < 1.29 is 14.3 Å². The second-order valence-electron chi connectivity index (χ2n) is 6.35. The Labute approximate surface area is 155 Å². The number of hydrogen-bond acceptors (Lipinski definition) is 3. The Balaban J connectivity index is 1.58. The Kier molecular flexibility index (Phi) is 7.80. The number of ether oxygens (including phenoxy) is 2. The third kappa shape index (κ3) is 6.67. The van der Waals surface area contributed by atoms with Gasteiger partial charge in [-0.25, -0.2) is 4.79 Å². The molecule has 26 heavy (non-hydrogen) atoms. The van der Waals surface area contributed by atoms with Gasteiger partial charge in [0.05, 0.1) is 13.7 Å². The normalized spacial score (nSPS) is 10.5. The van der Waals surface area contributed by atoms with Crippen molar-refractivity contribution in [2.75, 3.05) is 26.8 Å². The van der Waals surface area contributed by atoms with Gasteiger partial charge in [0.2, 0.25) is 0 Å². The molecule has 0 spiro atoms. The van der Waals surface area contributed by atoms with Crippen LogP contribution in [0.3, 0.4) is 0 Å². The average molecular weight is 356 g/mol. The molecule has 5 heteroatoms. The topological polar surface area (TPSA) is 59.6 Å². The van der Waals surface area contributed by atoms with E-state index in [0.29, 0.717) is 25.6 Å².